The number of anilines is 1. The van der Waals surface area contributed by atoms with Gasteiger partial charge in [0.1, 0.15) is 12.1 Å². The normalized spacial score (nSPS) is 22.7. The van der Waals surface area contributed by atoms with Crippen molar-refractivity contribution >= 4 is 5.82 Å². The van der Waals surface area contributed by atoms with Gasteiger partial charge in [0, 0.05) is 38.2 Å². The third-order valence-corrected chi connectivity index (χ3v) is 4.49. The van der Waals surface area contributed by atoms with E-state index in [0.717, 1.165) is 32.6 Å². The minimum atomic E-state index is 0.472. The van der Waals surface area contributed by atoms with Crippen LogP contribution >= 0.6 is 0 Å². The topological polar surface area (TPSA) is 41.1 Å². The molecule has 2 aliphatic heterocycles. The van der Waals surface area contributed by atoms with Gasteiger partial charge in [-0.15, -0.1) is 0 Å². The van der Waals surface area contributed by atoms with Gasteiger partial charge in [0.15, 0.2) is 0 Å². The molecule has 1 fully saturated rings. The van der Waals surface area contributed by atoms with Gasteiger partial charge in [0.2, 0.25) is 0 Å². The quantitative estimate of drug-likeness (QED) is 0.840. The predicted octanol–water partition coefficient (Wildman–Crippen LogP) is 2.14. The Hall–Kier alpha value is -1.16. The molecule has 0 bridgehead atoms. The third-order valence-electron chi connectivity index (χ3n) is 4.49. The average Bonchev–Trinajstić information content (AvgIpc) is 2.59. The molecule has 0 amide bonds. The van der Waals surface area contributed by atoms with Gasteiger partial charge in [-0.05, 0) is 24.7 Å². The lowest BCUT2D eigenvalue weighted by atomic mass is 9.85. The maximum absolute atomic E-state index is 4.58. The lowest BCUT2D eigenvalue weighted by molar-refractivity contribution is 0.325. The van der Waals surface area contributed by atoms with E-state index in [1.807, 2.05) is 0 Å². The number of hydrogen-bond acceptors (Lipinski definition) is 4. The first-order chi connectivity index (χ1) is 9.16. The molecule has 1 saturated heterocycles. The smallest absolute Gasteiger partial charge is 0.136 e. The van der Waals surface area contributed by atoms with Crippen LogP contribution in [0.2, 0.25) is 0 Å². The number of rotatable bonds is 1. The Morgan fingerprint density at radius 3 is 3.00 bits per heavy atom. The second-order valence-corrected chi connectivity index (χ2v) is 6.55. The van der Waals surface area contributed by atoms with E-state index in [0.29, 0.717) is 5.41 Å². The summed E-state index contributed by atoms with van der Waals surface area (Å²) in [6.07, 6.45) is 6.60. The zero-order chi connectivity index (χ0) is 13.3. The summed E-state index contributed by atoms with van der Waals surface area (Å²) < 4.78 is 0. The minimum Gasteiger partial charge on any atom is -0.356 e. The molecule has 2 aliphatic rings. The fourth-order valence-corrected chi connectivity index (χ4v) is 3.16. The van der Waals surface area contributed by atoms with Crippen LogP contribution in [0.15, 0.2) is 6.33 Å². The van der Waals surface area contributed by atoms with Crippen molar-refractivity contribution in [3.05, 3.63) is 17.6 Å². The Morgan fingerprint density at radius 1 is 1.21 bits per heavy atom. The highest BCUT2D eigenvalue weighted by Crippen LogP contribution is 2.32. The van der Waals surface area contributed by atoms with Gasteiger partial charge >= 0.3 is 0 Å². The zero-order valence-corrected chi connectivity index (χ0v) is 12.1. The second kappa shape index (κ2) is 5.08. The largest absolute Gasteiger partial charge is 0.356 e. The first-order valence-electron chi connectivity index (χ1n) is 7.44. The van der Waals surface area contributed by atoms with E-state index in [-0.39, 0.29) is 0 Å². The molecule has 4 nitrogen and oxygen atoms in total. The summed E-state index contributed by atoms with van der Waals surface area (Å²) in [7, 11) is 0. The van der Waals surface area contributed by atoms with Crippen molar-refractivity contribution in [2.75, 3.05) is 24.5 Å². The average molecular weight is 260 g/mol. The Kier molecular flexibility index (Phi) is 3.44. The molecule has 19 heavy (non-hydrogen) atoms. The van der Waals surface area contributed by atoms with Crippen LogP contribution in [0.3, 0.4) is 0 Å². The Morgan fingerprint density at radius 2 is 2.11 bits per heavy atom. The number of fused-ring (bicyclic) bond motifs is 1. The molecule has 0 atom stereocenters. The van der Waals surface area contributed by atoms with Crippen molar-refractivity contribution in [3.63, 3.8) is 0 Å². The highest BCUT2D eigenvalue weighted by molar-refractivity contribution is 5.49. The van der Waals surface area contributed by atoms with E-state index in [1.54, 1.807) is 6.33 Å². The van der Waals surface area contributed by atoms with Crippen molar-refractivity contribution in [3.8, 4) is 0 Å². The molecule has 3 rings (SSSR count). The summed E-state index contributed by atoms with van der Waals surface area (Å²) in [6, 6.07) is 0. The molecule has 0 saturated carbocycles. The van der Waals surface area contributed by atoms with E-state index in [9.17, 15) is 0 Å². The molecule has 0 unspecified atom stereocenters. The number of nitrogens with zero attached hydrogens (tertiary/aromatic N) is 3. The first kappa shape index (κ1) is 12.9. The van der Waals surface area contributed by atoms with Crippen LogP contribution in [0.4, 0.5) is 5.82 Å². The standard InChI is InChI=1S/C15H24N4/c1-15(2)5-3-8-19(9-6-15)14-12-10-16-7-4-13(12)17-11-18-14/h11,16H,3-10H2,1-2H3. The SMILES string of the molecule is CC1(C)CCCN(c2ncnc3c2CNCC3)CC1. The van der Waals surface area contributed by atoms with Gasteiger partial charge in [-0.3, -0.25) is 0 Å². The van der Waals surface area contributed by atoms with E-state index >= 15 is 0 Å². The van der Waals surface area contributed by atoms with Crippen LogP contribution in [0.5, 0.6) is 0 Å². The Bertz CT molecular complexity index is 455. The Labute approximate surface area is 115 Å². The van der Waals surface area contributed by atoms with Crippen LogP contribution in [0.1, 0.15) is 44.4 Å². The molecule has 0 aliphatic carbocycles. The number of hydrogen-bond donors (Lipinski definition) is 1. The van der Waals surface area contributed by atoms with Gasteiger partial charge < -0.3 is 10.2 Å². The van der Waals surface area contributed by atoms with Crippen LogP contribution in [-0.4, -0.2) is 29.6 Å². The molecular formula is C15H24N4. The second-order valence-electron chi connectivity index (χ2n) is 6.55. The molecule has 4 heteroatoms. The highest BCUT2D eigenvalue weighted by atomic mass is 15.2. The first-order valence-corrected chi connectivity index (χ1v) is 7.44. The van der Waals surface area contributed by atoms with Crippen molar-refractivity contribution in [2.45, 2.75) is 46.1 Å². The molecule has 0 radical (unpaired) electrons. The van der Waals surface area contributed by atoms with Crippen LogP contribution < -0.4 is 10.2 Å². The summed E-state index contributed by atoms with van der Waals surface area (Å²) in [5.41, 5.74) is 3.04. The van der Waals surface area contributed by atoms with Crippen LogP contribution in [-0.2, 0) is 13.0 Å². The molecule has 1 aromatic heterocycles. The third kappa shape index (κ3) is 2.73. The summed E-state index contributed by atoms with van der Waals surface area (Å²) in [4.78, 5) is 11.5. The molecular weight excluding hydrogens is 236 g/mol. The van der Waals surface area contributed by atoms with E-state index in [4.69, 9.17) is 0 Å². The van der Waals surface area contributed by atoms with Gasteiger partial charge in [-0.1, -0.05) is 13.8 Å². The lowest BCUT2D eigenvalue weighted by Gasteiger charge is -2.28. The van der Waals surface area contributed by atoms with Crippen molar-refractivity contribution in [1.29, 1.82) is 0 Å². The summed E-state index contributed by atoms with van der Waals surface area (Å²) in [5, 5.41) is 3.45. The van der Waals surface area contributed by atoms with Crippen molar-refractivity contribution in [1.82, 2.24) is 15.3 Å². The summed E-state index contributed by atoms with van der Waals surface area (Å²) >= 11 is 0. The van der Waals surface area contributed by atoms with E-state index < -0.39 is 0 Å². The lowest BCUT2D eigenvalue weighted by Crippen LogP contribution is -2.32. The molecule has 104 valence electrons. The molecule has 1 N–H and O–H groups in total. The van der Waals surface area contributed by atoms with Gasteiger partial charge in [-0.25, -0.2) is 9.97 Å². The van der Waals surface area contributed by atoms with Crippen molar-refractivity contribution < 1.29 is 0 Å². The zero-order valence-electron chi connectivity index (χ0n) is 12.1. The molecule has 0 aromatic carbocycles. The predicted molar refractivity (Wildman–Crippen MR) is 77.3 cm³/mol. The molecule has 0 spiro atoms. The maximum atomic E-state index is 4.58. The molecule has 1 aromatic rings. The Balaban J connectivity index is 1.86. The number of aromatic nitrogens is 2. The van der Waals surface area contributed by atoms with Gasteiger partial charge in [0.25, 0.3) is 0 Å². The van der Waals surface area contributed by atoms with Gasteiger partial charge in [0.05, 0.1) is 5.69 Å². The highest BCUT2D eigenvalue weighted by Gasteiger charge is 2.26. The fourth-order valence-electron chi connectivity index (χ4n) is 3.16. The fraction of sp³-hybridized carbons (Fsp3) is 0.733. The monoisotopic (exact) mass is 260 g/mol. The minimum absolute atomic E-state index is 0.472. The van der Waals surface area contributed by atoms with E-state index in [1.165, 1.54) is 36.3 Å². The van der Waals surface area contributed by atoms with Crippen LogP contribution in [0.25, 0.3) is 0 Å². The van der Waals surface area contributed by atoms with E-state index in [2.05, 4.69) is 34.0 Å². The maximum Gasteiger partial charge on any atom is 0.136 e. The van der Waals surface area contributed by atoms with Crippen molar-refractivity contribution in [2.24, 2.45) is 5.41 Å². The van der Waals surface area contributed by atoms with Crippen LogP contribution in [0, 0.1) is 5.41 Å². The number of nitrogens with one attached hydrogen (secondary N) is 1. The van der Waals surface area contributed by atoms with Gasteiger partial charge in [-0.2, -0.15) is 0 Å². The summed E-state index contributed by atoms with van der Waals surface area (Å²) in [6.45, 7) is 8.98. The summed E-state index contributed by atoms with van der Waals surface area (Å²) in [5.74, 6) is 1.18. The molecule has 3 heterocycles.